The molecule has 0 aliphatic carbocycles. The summed E-state index contributed by atoms with van der Waals surface area (Å²) < 4.78 is 5.81. The number of benzene rings is 1. The van der Waals surface area contributed by atoms with Crippen molar-refractivity contribution in [3.8, 4) is 6.01 Å². The van der Waals surface area contributed by atoms with E-state index in [-0.39, 0.29) is 6.10 Å². The van der Waals surface area contributed by atoms with E-state index in [1.165, 1.54) is 5.56 Å². The second-order valence-electron chi connectivity index (χ2n) is 5.58. The lowest BCUT2D eigenvalue weighted by Gasteiger charge is -2.31. The van der Waals surface area contributed by atoms with Crippen LogP contribution in [0.1, 0.15) is 18.4 Å². The largest absolute Gasteiger partial charge is 0.460 e. The summed E-state index contributed by atoms with van der Waals surface area (Å²) in [6.07, 6.45) is 6.47. The highest BCUT2D eigenvalue weighted by atomic mass is 35.5. The van der Waals surface area contributed by atoms with Gasteiger partial charge in [-0.15, -0.1) is 0 Å². The highest BCUT2D eigenvalue weighted by Crippen LogP contribution is 2.17. The smallest absolute Gasteiger partial charge is 0.316 e. The molecule has 1 aliphatic rings. The standard InChI is InChI=1S/C17H20ClN3O/c18-15-12-19-17(20-13-15)22-16-7-10-21(11-8-16)9-6-14-4-2-1-3-5-14/h1-5,12-13,16H,6-11H2. The number of hydrogen-bond donors (Lipinski definition) is 0. The quantitative estimate of drug-likeness (QED) is 0.848. The molecular formula is C17H20ClN3O. The van der Waals surface area contributed by atoms with E-state index in [0.717, 1.165) is 38.9 Å². The van der Waals surface area contributed by atoms with Crippen LogP contribution in [0.15, 0.2) is 42.7 Å². The van der Waals surface area contributed by atoms with Crippen LogP contribution >= 0.6 is 11.6 Å². The number of likely N-dealkylation sites (tertiary alicyclic amines) is 1. The SMILES string of the molecule is Clc1cnc(OC2CCN(CCc3ccccc3)CC2)nc1. The number of nitrogens with zero attached hydrogens (tertiary/aromatic N) is 3. The number of aromatic nitrogens is 2. The van der Waals surface area contributed by atoms with Crippen molar-refractivity contribution in [3.05, 3.63) is 53.3 Å². The molecule has 1 aliphatic heterocycles. The first-order valence-corrected chi connectivity index (χ1v) is 8.08. The summed E-state index contributed by atoms with van der Waals surface area (Å²) in [4.78, 5) is 10.7. The Morgan fingerprint density at radius 1 is 1.09 bits per heavy atom. The van der Waals surface area contributed by atoms with E-state index < -0.39 is 0 Å². The Kier molecular flexibility index (Phi) is 5.24. The molecule has 0 amide bonds. The fraction of sp³-hybridized carbons (Fsp3) is 0.412. The predicted molar refractivity (Wildman–Crippen MR) is 87.3 cm³/mol. The zero-order valence-electron chi connectivity index (χ0n) is 12.5. The number of rotatable bonds is 5. The molecule has 1 fully saturated rings. The maximum absolute atomic E-state index is 5.81. The Morgan fingerprint density at radius 3 is 2.45 bits per heavy atom. The summed E-state index contributed by atoms with van der Waals surface area (Å²) in [6, 6.07) is 11.1. The maximum atomic E-state index is 5.81. The van der Waals surface area contributed by atoms with Gasteiger partial charge in [0.15, 0.2) is 0 Å². The summed E-state index contributed by atoms with van der Waals surface area (Å²) in [7, 11) is 0. The molecule has 1 aromatic carbocycles. The maximum Gasteiger partial charge on any atom is 0.316 e. The molecule has 0 N–H and O–H groups in total. The van der Waals surface area contributed by atoms with Gasteiger partial charge in [-0.3, -0.25) is 0 Å². The van der Waals surface area contributed by atoms with Crippen LogP contribution in [0.3, 0.4) is 0 Å². The predicted octanol–water partition coefficient (Wildman–Crippen LogP) is 3.22. The van der Waals surface area contributed by atoms with Crippen LogP contribution in [-0.2, 0) is 6.42 Å². The fourth-order valence-corrected chi connectivity index (χ4v) is 2.79. The average Bonchev–Trinajstić information content (AvgIpc) is 2.57. The first-order chi connectivity index (χ1) is 10.8. The molecule has 2 aromatic rings. The van der Waals surface area contributed by atoms with Gasteiger partial charge in [-0.25, -0.2) is 9.97 Å². The van der Waals surface area contributed by atoms with Gasteiger partial charge in [-0.2, -0.15) is 0 Å². The molecule has 0 unspecified atom stereocenters. The molecule has 1 saturated heterocycles. The minimum Gasteiger partial charge on any atom is -0.460 e. The minimum atomic E-state index is 0.203. The van der Waals surface area contributed by atoms with E-state index in [9.17, 15) is 0 Å². The lowest BCUT2D eigenvalue weighted by atomic mass is 10.1. The molecule has 4 nitrogen and oxygen atoms in total. The molecule has 2 heterocycles. The summed E-state index contributed by atoms with van der Waals surface area (Å²) in [5.74, 6) is 0. The fourth-order valence-electron chi connectivity index (χ4n) is 2.69. The van der Waals surface area contributed by atoms with Crippen LogP contribution in [0.2, 0.25) is 5.02 Å². The molecular weight excluding hydrogens is 298 g/mol. The Balaban J connectivity index is 1.41. The molecule has 0 spiro atoms. The van der Waals surface area contributed by atoms with Crippen molar-refractivity contribution >= 4 is 11.6 Å². The van der Waals surface area contributed by atoms with Crippen LogP contribution < -0.4 is 4.74 Å². The Labute approximate surface area is 136 Å². The van der Waals surface area contributed by atoms with Crippen molar-refractivity contribution in [3.63, 3.8) is 0 Å². The first kappa shape index (κ1) is 15.3. The van der Waals surface area contributed by atoms with Crippen LogP contribution in [0, 0.1) is 0 Å². The van der Waals surface area contributed by atoms with Gasteiger partial charge < -0.3 is 9.64 Å². The first-order valence-electron chi connectivity index (χ1n) is 7.70. The van der Waals surface area contributed by atoms with E-state index in [4.69, 9.17) is 16.3 Å². The van der Waals surface area contributed by atoms with Gasteiger partial charge in [0.1, 0.15) is 6.10 Å². The molecule has 0 atom stereocenters. The van der Waals surface area contributed by atoms with Crippen LogP contribution in [0.4, 0.5) is 0 Å². The summed E-state index contributed by atoms with van der Waals surface area (Å²) in [5, 5.41) is 0.531. The van der Waals surface area contributed by atoms with E-state index in [2.05, 4.69) is 45.2 Å². The minimum absolute atomic E-state index is 0.203. The third kappa shape index (κ3) is 4.42. The van der Waals surface area contributed by atoms with Gasteiger partial charge in [0, 0.05) is 19.6 Å². The number of hydrogen-bond acceptors (Lipinski definition) is 4. The van der Waals surface area contributed by atoms with E-state index in [0.29, 0.717) is 11.0 Å². The zero-order chi connectivity index (χ0) is 15.2. The monoisotopic (exact) mass is 317 g/mol. The van der Waals surface area contributed by atoms with Gasteiger partial charge in [-0.1, -0.05) is 41.9 Å². The third-order valence-corrected chi connectivity index (χ3v) is 4.16. The molecule has 116 valence electrons. The van der Waals surface area contributed by atoms with Gasteiger partial charge in [0.25, 0.3) is 0 Å². The molecule has 22 heavy (non-hydrogen) atoms. The van der Waals surface area contributed by atoms with Gasteiger partial charge in [0.2, 0.25) is 0 Å². The lowest BCUT2D eigenvalue weighted by molar-refractivity contribution is 0.0933. The summed E-state index contributed by atoms with van der Waals surface area (Å²) in [6.45, 7) is 3.23. The Morgan fingerprint density at radius 2 is 1.77 bits per heavy atom. The number of piperidine rings is 1. The summed E-state index contributed by atoms with van der Waals surface area (Å²) in [5.41, 5.74) is 1.40. The Hall–Kier alpha value is -1.65. The number of ether oxygens (including phenoxy) is 1. The topological polar surface area (TPSA) is 38.2 Å². The second kappa shape index (κ2) is 7.56. The van der Waals surface area contributed by atoms with E-state index in [1.807, 2.05) is 0 Å². The van der Waals surface area contributed by atoms with Crippen LogP contribution in [-0.4, -0.2) is 40.6 Å². The van der Waals surface area contributed by atoms with Crippen LogP contribution in [0.25, 0.3) is 0 Å². The molecule has 1 aromatic heterocycles. The summed E-state index contributed by atoms with van der Waals surface area (Å²) >= 11 is 5.77. The van der Waals surface area contributed by atoms with Crippen molar-refractivity contribution < 1.29 is 4.74 Å². The van der Waals surface area contributed by atoms with Gasteiger partial charge >= 0.3 is 6.01 Å². The Bertz CT molecular complexity index is 568. The number of halogens is 1. The van der Waals surface area contributed by atoms with Gasteiger partial charge in [0.05, 0.1) is 17.4 Å². The van der Waals surface area contributed by atoms with Crippen LogP contribution in [0.5, 0.6) is 6.01 Å². The van der Waals surface area contributed by atoms with Crippen molar-refractivity contribution in [2.24, 2.45) is 0 Å². The van der Waals surface area contributed by atoms with Crippen molar-refractivity contribution in [2.75, 3.05) is 19.6 Å². The normalized spacial score (nSPS) is 16.6. The van der Waals surface area contributed by atoms with Crippen molar-refractivity contribution in [2.45, 2.75) is 25.4 Å². The molecule has 0 radical (unpaired) electrons. The van der Waals surface area contributed by atoms with E-state index in [1.54, 1.807) is 12.4 Å². The second-order valence-corrected chi connectivity index (χ2v) is 6.01. The zero-order valence-corrected chi connectivity index (χ0v) is 13.2. The average molecular weight is 318 g/mol. The molecule has 0 bridgehead atoms. The van der Waals surface area contributed by atoms with Crippen molar-refractivity contribution in [1.29, 1.82) is 0 Å². The highest BCUT2D eigenvalue weighted by molar-refractivity contribution is 6.30. The molecule has 0 saturated carbocycles. The lowest BCUT2D eigenvalue weighted by Crippen LogP contribution is -2.39. The third-order valence-electron chi connectivity index (χ3n) is 3.96. The highest BCUT2D eigenvalue weighted by Gasteiger charge is 2.21. The molecule has 3 rings (SSSR count). The van der Waals surface area contributed by atoms with E-state index >= 15 is 0 Å². The molecule has 5 heteroatoms. The van der Waals surface area contributed by atoms with Crippen molar-refractivity contribution in [1.82, 2.24) is 14.9 Å². The van der Waals surface area contributed by atoms with Gasteiger partial charge in [-0.05, 0) is 24.8 Å².